The van der Waals surface area contributed by atoms with Crippen molar-refractivity contribution in [2.45, 2.75) is 76.1 Å². The van der Waals surface area contributed by atoms with Gasteiger partial charge in [-0.2, -0.15) is 0 Å². The first kappa shape index (κ1) is 23.9. The van der Waals surface area contributed by atoms with Gasteiger partial charge in [0.1, 0.15) is 24.4 Å². The molecule has 6 atom stereocenters. The predicted molar refractivity (Wildman–Crippen MR) is 126 cm³/mol. The number of fused-ring (bicyclic) bond motifs is 4. The quantitative estimate of drug-likeness (QED) is 0.603. The summed E-state index contributed by atoms with van der Waals surface area (Å²) in [5, 5.41) is 2.38. The Bertz CT molecular complexity index is 1080. The maximum absolute atomic E-state index is 6.56. The minimum absolute atomic E-state index is 0.342. The van der Waals surface area contributed by atoms with Crippen LogP contribution in [0.1, 0.15) is 33.3 Å². The van der Waals surface area contributed by atoms with Gasteiger partial charge in [-0.15, -0.1) is 0 Å². The van der Waals surface area contributed by atoms with E-state index in [0.29, 0.717) is 13.2 Å². The smallest absolute Gasteiger partial charge is 0.220 e. The second kappa shape index (κ2) is 8.68. The first-order chi connectivity index (χ1) is 16.2. The topological polar surface area (TPSA) is 64.6 Å². The van der Waals surface area contributed by atoms with E-state index in [1.165, 1.54) is 10.8 Å². The number of ether oxygens (including phenoxy) is 7. The van der Waals surface area contributed by atoms with Gasteiger partial charge in [-0.05, 0) is 61.7 Å². The van der Waals surface area contributed by atoms with Gasteiger partial charge in [0, 0.05) is 14.2 Å². The molecule has 5 rings (SSSR count). The fraction of sp³-hybridized carbons (Fsp3) is 0.556. The third kappa shape index (κ3) is 4.09. The van der Waals surface area contributed by atoms with Gasteiger partial charge >= 0.3 is 0 Å². The van der Waals surface area contributed by atoms with Crippen LogP contribution in [0.5, 0.6) is 0 Å². The van der Waals surface area contributed by atoms with Crippen molar-refractivity contribution in [2.75, 3.05) is 20.8 Å². The maximum atomic E-state index is 6.56. The summed E-state index contributed by atoms with van der Waals surface area (Å²) in [6.45, 7) is 8.31. The number of hydrogen-bond acceptors (Lipinski definition) is 7. The molecule has 0 unspecified atom stereocenters. The van der Waals surface area contributed by atoms with E-state index >= 15 is 0 Å². The summed E-state index contributed by atoms with van der Waals surface area (Å²) in [7, 11) is 3.17. The minimum Gasteiger partial charge on any atom is -0.367 e. The summed E-state index contributed by atoms with van der Waals surface area (Å²) in [6, 6.07) is 14.6. The van der Waals surface area contributed by atoms with Crippen molar-refractivity contribution in [2.24, 2.45) is 0 Å². The van der Waals surface area contributed by atoms with Crippen molar-refractivity contribution in [3.63, 3.8) is 0 Å². The molecule has 2 fully saturated rings. The predicted octanol–water partition coefficient (Wildman–Crippen LogP) is 4.33. The molecule has 0 bridgehead atoms. The largest absolute Gasteiger partial charge is 0.367 e. The average molecular weight is 471 g/mol. The van der Waals surface area contributed by atoms with Crippen LogP contribution in [0, 0.1) is 0 Å². The summed E-state index contributed by atoms with van der Waals surface area (Å²) in [5.41, 5.74) is 2.06. The molecule has 0 saturated carbocycles. The zero-order chi connectivity index (χ0) is 24.1. The zero-order valence-corrected chi connectivity index (χ0v) is 20.7. The molecule has 7 heteroatoms. The first-order valence-electron chi connectivity index (χ1n) is 11.7. The number of rotatable bonds is 5. The third-order valence-corrected chi connectivity index (χ3v) is 7.27. The van der Waals surface area contributed by atoms with Crippen LogP contribution in [-0.2, 0) is 39.8 Å². The van der Waals surface area contributed by atoms with E-state index in [1.807, 2.05) is 39.8 Å². The van der Waals surface area contributed by atoms with Crippen molar-refractivity contribution in [1.82, 2.24) is 0 Å². The molecule has 0 N–H and O–H groups in total. The zero-order valence-electron chi connectivity index (χ0n) is 20.7. The van der Waals surface area contributed by atoms with Crippen molar-refractivity contribution in [3.8, 4) is 0 Å². The lowest BCUT2D eigenvalue weighted by Crippen LogP contribution is -2.71. The highest BCUT2D eigenvalue weighted by Gasteiger charge is 2.62. The Labute approximate surface area is 200 Å². The van der Waals surface area contributed by atoms with Gasteiger partial charge < -0.3 is 33.2 Å². The van der Waals surface area contributed by atoms with Gasteiger partial charge in [-0.1, -0.05) is 36.4 Å². The molecule has 1 aliphatic carbocycles. The lowest BCUT2D eigenvalue weighted by Gasteiger charge is -2.57. The van der Waals surface area contributed by atoms with Gasteiger partial charge in [0.25, 0.3) is 0 Å². The Morgan fingerprint density at radius 2 is 1.53 bits per heavy atom. The Kier molecular flexibility index (Phi) is 6.09. The van der Waals surface area contributed by atoms with Crippen LogP contribution in [0.2, 0.25) is 0 Å². The Balaban J connectivity index is 1.45. The highest BCUT2D eigenvalue weighted by atomic mass is 16.8. The normalized spacial score (nSPS) is 37.1. The lowest BCUT2D eigenvalue weighted by molar-refractivity contribution is -0.465. The third-order valence-electron chi connectivity index (χ3n) is 7.27. The molecule has 2 aromatic carbocycles. The SMILES string of the molecule is CO[C@]1(C)O[C@@H]2[C@@H](O[C@@]1(C)OC)[C@@H]1OC(C)(C)OCC1=C[C@@H]2OCc1ccc2ccccc2c1. The maximum Gasteiger partial charge on any atom is 0.220 e. The van der Waals surface area contributed by atoms with Crippen molar-refractivity contribution < 1.29 is 33.2 Å². The Hall–Kier alpha value is -1.84. The van der Waals surface area contributed by atoms with Crippen LogP contribution in [0.15, 0.2) is 54.1 Å². The average Bonchev–Trinajstić information content (AvgIpc) is 2.83. The van der Waals surface area contributed by atoms with Gasteiger partial charge in [0.05, 0.1) is 13.2 Å². The number of methoxy groups -OCH3 is 2. The molecule has 2 saturated heterocycles. The van der Waals surface area contributed by atoms with Gasteiger partial charge in [0.15, 0.2) is 5.79 Å². The van der Waals surface area contributed by atoms with E-state index in [0.717, 1.165) is 11.1 Å². The second-order valence-electron chi connectivity index (χ2n) is 9.89. The van der Waals surface area contributed by atoms with Crippen LogP contribution < -0.4 is 0 Å². The molecular weight excluding hydrogens is 436 g/mol. The molecule has 0 spiro atoms. The summed E-state index contributed by atoms with van der Waals surface area (Å²) in [6.07, 6.45) is 0.406. The molecule has 184 valence electrons. The standard InChI is InChI=1S/C27H34O7/c1-25(2)31-16-20-14-21(30-15-17-11-12-18-9-7-8-10-19(18)13-17)23-24(22(20)32-25)34-27(4,29-6)26(3,28-5)33-23/h7-14,21-24H,15-16H2,1-6H3/t21-,22+,23-,24-,26+,27+/m0/s1. The van der Waals surface area contributed by atoms with E-state index in [-0.39, 0.29) is 12.2 Å². The molecule has 2 heterocycles. The second-order valence-corrected chi connectivity index (χ2v) is 9.89. The fourth-order valence-electron chi connectivity index (χ4n) is 4.97. The Morgan fingerprint density at radius 1 is 0.853 bits per heavy atom. The molecule has 7 nitrogen and oxygen atoms in total. The van der Waals surface area contributed by atoms with Crippen molar-refractivity contribution in [3.05, 3.63) is 59.7 Å². The minimum atomic E-state index is -1.14. The highest BCUT2D eigenvalue weighted by Crippen LogP contribution is 2.46. The van der Waals surface area contributed by atoms with Crippen LogP contribution in [0.4, 0.5) is 0 Å². The fourth-order valence-corrected chi connectivity index (χ4v) is 4.97. The van der Waals surface area contributed by atoms with Crippen LogP contribution in [-0.4, -0.2) is 62.6 Å². The highest BCUT2D eigenvalue weighted by molar-refractivity contribution is 5.82. The molecular formula is C27H34O7. The van der Waals surface area contributed by atoms with Gasteiger partial charge in [-0.25, -0.2) is 0 Å². The molecule has 2 aromatic rings. The summed E-state index contributed by atoms with van der Waals surface area (Å²) < 4.78 is 43.3. The molecule has 2 aliphatic heterocycles. The molecule has 34 heavy (non-hydrogen) atoms. The van der Waals surface area contributed by atoms with Crippen LogP contribution >= 0.6 is 0 Å². The van der Waals surface area contributed by atoms with E-state index in [1.54, 1.807) is 14.2 Å². The molecule has 3 aliphatic rings. The van der Waals surface area contributed by atoms with E-state index in [2.05, 4.69) is 36.4 Å². The number of hydrogen-bond donors (Lipinski definition) is 0. The van der Waals surface area contributed by atoms with E-state index in [4.69, 9.17) is 33.2 Å². The van der Waals surface area contributed by atoms with E-state index in [9.17, 15) is 0 Å². The van der Waals surface area contributed by atoms with E-state index < -0.39 is 29.6 Å². The molecule has 0 radical (unpaired) electrons. The monoisotopic (exact) mass is 470 g/mol. The molecule has 0 amide bonds. The summed E-state index contributed by atoms with van der Waals surface area (Å²) in [4.78, 5) is 0. The lowest BCUT2D eigenvalue weighted by atomic mass is 9.86. The van der Waals surface area contributed by atoms with Crippen LogP contribution in [0.25, 0.3) is 10.8 Å². The summed E-state index contributed by atoms with van der Waals surface area (Å²) in [5.74, 6) is -3.01. The van der Waals surface area contributed by atoms with Crippen LogP contribution in [0.3, 0.4) is 0 Å². The van der Waals surface area contributed by atoms with Gasteiger partial charge in [0.2, 0.25) is 11.6 Å². The Morgan fingerprint density at radius 3 is 2.24 bits per heavy atom. The number of benzene rings is 2. The van der Waals surface area contributed by atoms with Crippen molar-refractivity contribution in [1.29, 1.82) is 0 Å². The van der Waals surface area contributed by atoms with Gasteiger partial charge in [-0.3, -0.25) is 0 Å². The molecule has 0 aromatic heterocycles. The first-order valence-corrected chi connectivity index (χ1v) is 11.7. The summed E-state index contributed by atoms with van der Waals surface area (Å²) >= 11 is 0. The van der Waals surface area contributed by atoms with Crippen molar-refractivity contribution >= 4 is 10.8 Å².